The monoisotopic (exact) mass is 263 g/mol. The predicted octanol–water partition coefficient (Wildman–Crippen LogP) is 2.39. The van der Waals surface area contributed by atoms with Crippen LogP contribution in [0.15, 0.2) is 22.6 Å². The van der Waals surface area contributed by atoms with Crippen LogP contribution in [0.2, 0.25) is 5.02 Å². The van der Waals surface area contributed by atoms with Gasteiger partial charge in [-0.15, -0.1) is 0 Å². The number of carbonyl (C=O) groups is 1. The first-order valence-corrected chi connectivity index (χ1v) is 5.28. The van der Waals surface area contributed by atoms with Crippen molar-refractivity contribution in [3.8, 4) is 0 Å². The van der Waals surface area contributed by atoms with Crippen LogP contribution in [0.5, 0.6) is 0 Å². The molecule has 0 aliphatic heterocycles. The highest BCUT2D eigenvalue weighted by Gasteiger charge is 2.19. The van der Waals surface area contributed by atoms with Gasteiger partial charge in [-0.25, -0.2) is 4.39 Å². The number of halogens is 2. The Bertz CT molecular complexity index is 462. The zero-order valence-corrected chi connectivity index (χ0v) is 9.46. The van der Waals surface area contributed by atoms with Gasteiger partial charge in [-0.3, -0.25) is 4.79 Å². The molecule has 0 aliphatic carbocycles. The third kappa shape index (κ3) is 3.11. The summed E-state index contributed by atoms with van der Waals surface area (Å²) in [5, 5.41) is 8.48. The standard InChI is InChI=1S/C9H7ClFNO3S/c10-6-3-1-2-5(9(6)11)7(12-16-15)4-8(13)14/h1-3,7H,4H2,(H,13,14). The van der Waals surface area contributed by atoms with Crippen LogP contribution in [0.4, 0.5) is 4.39 Å². The lowest BCUT2D eigenvalue weighted by molar-refractivity contribution is -0.137. The number of nitrogens with zero attached hydrogens (tertiary/aromatic N) is 1. The van der Waals surface area contributed by atoms with E-state index in [1.807, 2.05) is 0 Å². The Balaban J connectivity index is 3.15. The van der Waals surface area contributed by atoms with E-state index in [1.54, 1.807) is 0 Å². The van der Waals surface area contributed by atoms with E-state index in [-0.39, 0.29) is 22.0 Å². The van der Waals surface area contributed by atoms with Crippen LogP contribution in [-0.4, -0.2) is 15.3 Å². The van der Waals surface area contributed by atoms with Crippen molar-refractivity contribution in [3.05, 3.63) is 34.6 Å². The van der Waals surface area contributed by atoms with Crippen LogP contribution in [0, 0.1) is 5.82 Å². The molecule has 16 heavy (non-hydrogen) atoms. The van der Waals surface area contributed by atoms with Crippen molar-refractivity contribution in [3.63, 3.8) is 0 Å². The molecule has 0 saturated carbocycles. The number of carboxylic acids is 1. The number of rotatable bonds is 4. The molecule has 0 radical (unpaired) electrons. The van der Waals surface area contributed by atoms with E-state index in [9.17, 15) is 13.4 Å². The van der Waals surface area contributed by atoms with Crippen molar-refractivity contribution >= 4 is 29.0 Å². The Morgan fingerprint density at radius 3 is 2.88 bits per heavy atom. The van der Waals surface area contributed by atoms with E-state index in [1.165, 1.54) is 18.2 Å². The number of hydrogen-bond donors (Lipinski definition) is 1. The molecule has 0 aromatic heterocycles. The number of benzene rings is 1. The van der Waals surface area contributed by atoms with Crippen LogP contribution in [0.3, 0.4) is 0 Å². The molecule has 0 fully saturated rings. The topological polar surface area (TPSA) is 66.7 Å². The van der Waals surface area contributed by atoms with Crippen molar-refractivity contribution in [2.45, 2.75) is 12.5 Å². The third-order valence-corrected chi connectivity index (χ3v) is 2.51. The summed E-state index contributed by atoms with van der Waals surface area (Å²) in [6.45, 7) is 0. The summed E-state index contributed by atoms with van der Waals surface area (Å²) in [7, 11) is 0. The van der Waals surface area contributed by atoms with E-state index in [4.69, 9.17) is 16.7 Å². The summed E-state index contributed by atoms with van der Waals surface area (Å²) < 4.78 is 27.2. The van der Waals surface area contributed by atoms with Gasteiger partial charge in [-0.2, -0.15) is 8.57 Å². The minimum absolute atomic E-state index is 0.0123. The van der Waals surface area contributed by atoms with Crippen molar-refractivity contribution in [2.24, 2.45) is 4.36 Å². The van der Waals surface area contributed by atoms with Gasteiger partial charge in [0.1, 0.15) is 11.9 Å². The zero-order valence-electron chi connectivity index (χ0n) is 7.89. The first kappa shape index (κ1) is 12.8. The molecular formula is C9H7ClFNO3S. The van der Waals surface area contributed by atoms with E-state index in [0.29, 0.717) is 0 Å². The smallest absolute Gasteiger partial charge is 0.305 e. The molecule has 1 aromatic carbocycles. The molecule has 1 unspecified atom stereocenters. The second kappa shape index (κ2) is 5.72. The fourth-order valence-electron chi connectivity index (χ4n) is 1.20. The summed E-state index contributed by atoms with van der Waals surface area (Å²) >= 11 is 5.41. The Morgan fingerprint density at radius 1 is 1.62 bits per heavy atom. The van der Waals surface area contributed by atoms with Gasteiger partial charge in [0.15, 0.2) is 11.5 Å². The number of hydrogen-bond acceptors (Lipinski definition) is 3. The summed E-state index contributed by atoms with van der Waals surface area (Å²) in [4.78, 5) is 10.5. The Morgan fingerprint density at radius 2 is 2.31 bits per heavy atom. The summed E-state index contributed by atoms with van der Waals surface area (Å²) in [5.41, 5.74) is 0.0123. The lowest BCUT2D eigenvalue weighted by Crippen LogP contribution is -2.06. The molecule has 0 aliphatic rings. The van der Waals surface area contributed by atoms with Crippen molar-refractivity contribution in [2.75, 3.05) is 0 Å². The average Bonchev–Trinajstić information content (AvgIpc) is 2.21. The first-order valence-electron chi connectivity index (χ1n) is 4.21. The molecular weight excluding hydrogens is 257 g/mol. The molecule has 0 heterocycles. The van der Waals surface area contributed by atoms with Crippen LogP contribution in [0.25, 0.3) is 0 Å². The molecule has 86 valence electrons. The van der Waals surface area contributed by atoms with E-state index >= 15 is 0 Å². The van der Waals surface area contributed by atoms with Crippen LogP contribution < -0.4 is 0 Å². The largest absolute Gasteiger partial charge is 0.481 e. The second-order valence-electron chi connectivity index (χ2n) is 2.94. The number of carboxylic acid groups (broad SMARTS) is 1. The van der Waals surface area contributed by atoms with Gasteiger partial charge in [0.2, 0.25) is 0 Å². The van der Waals surface area contributed by atoms with Gasteiger partial charge in [0.05, 0.1) is 11.4 Å². The molecule has 1 rings (SSSR count). The van der Waals surface area contributed by atoms with Crippen molar-refractivity contribution in [1.29, 1.82) is 0 Å². The van der Waals surface area contributed by atoms with Gasteiger partial charge < -0.3 is 5.11 Å². The van der Waals surface area contributed by atoms with E-state index < -0.39 is 24.2 Å². The Hall–Kier alpha value is -1.27. The van der Waals surface area contributed by atoms with Crippen molar-refractivity contribution in [1.82, 2.24) is 0 Å². The highest BCUT2D eigenvalue weighted by molar-refractivity contribution is 7.54. The molecule has 1 atom stereocenters. The lowest BCUT2D eigenvalue weighted by atomic mass is 10.0. The van der Waals surface area contributed by atoms with Gasteiger partial charge in [0.25, 0.3) is 0 Å². The Kier molecular flexibility index (Phi) is 4.57. The van der Waals surface area contributed by atoms with Gasteiger partial charge in [0, 0.05) is 5.56 Å². The van der Waals surface area contributed by atoms with Crippen LogP contribution in [-0.2, 0) is 16.3 Å². The first-order chi connectivity index (χ1) is 7.56. The van der Waals surface area contributed by atoms with E-state index in [0.717, 1.165) is 0 Å². The summed E-state index contributed by atoms with van der Waals surface area (Å²) in [5.74, 6) is -1.91. The van der Waals surface area contributed by atoms with Gasteiger partial charge in [-0.05, 0) is 6.07 Å². The molecule has 0 bridgehead atoms. The fraction of sp³-hybridized carbons (Fsp3) is 0.222. The highest BCUT2D eigenvalue weighted by atomic mass is 35.5. The maximum atomic E-state index is 13.5. The Labute approximate surface area is 99.3 Å². The predicted molar refractivity (Wildman–Crippen MR) is 57.0 cm³/mol. The highest BCUT2D eigenvalue weighted by Crippen LogP contribution is 2.27. The molecule has 7 heteroatoms. The summed E-state index contributed by atoms with van der Waals surface area (Å²) in [6.07, 6.45) is -0.452. The molecule has 4 nitrogen and oxygen atoms in total. The minimum atomic E-state index is -1.16. The normalized spacial score (nSPS) is 11.9. The number of aliphatic carboxylic acids is 1. The van der Waals surface area contributed by atoms with Crippen LogP contribution in [0.1, 0.15) is 18.0 Å². The molecule has 1 aromatic rings. The third-order valence-electron chi connectivity index (χ3n) is 1.88. The summed E-state index contributed by atoms with van der Waals surface area (Å²) in [6, 6.07) is 3.14. The SMILES string of the molecule is O=S=NC(CC(=O)O)c1cccc(Cl)c1F. The molecule has 1 N–H and O–H groups in total. The fourth-order valence-corrected chi connectivity index (χ4v) is 1.67. The molecule has 0 amide bonds. The second-order valence-corrected chi connectivity index (χ2v) is 3.70. The maximum absolute atomic E-state index is 13.5. The zero-order chi connectivity index (χ0) is 12.1. The van der Waals surface area contributed by atoms with Gasteiger partial charge in [-0.1, -0.05) is 23.7 Å². The molecule has 0 spiro atoms. The van der Waals surface area contributed by atoms with Crippen molar-refractivity contribution < 1.29 is 18.5 Å². The van der Waals surface area contributed by atoms with Gasteiger partial charge >= 0.3 is 5.97 Å². The maximum Gasteiger partial charge on any atom is 0.305 e. The molecule has 0 saturated heterocycles. The van der Waals surface area contributed by atoms with E-state index in [2.05, 4.69) is 4.36 Å². The minimum Gasteiger partial charge on any atom is -0.481 e. The quantitative estimate of drug-likeness (QED) is 0.907. The average molecular weight is 264 g/mol. The lowest BCUT2D eigenvalue weighted by Gasteiger charge is -2.09. The van der Waals surface area contributed by atoms with Crippen LogP contribution >= 0.6 is 11.6 Å².